The van der Waals surface area contributed by atoms with Crippen molar-refractivity contribution in [1.29, 1.82) is 0 Å². The van der Waals surface area contributed by atoms with Gasteiger partial charge in [0.25, 0.3) is 0 Å². The fourth-order valence-corrected chi connectivity index (χ4v) is 7.55. The van der Waals surface area contributed by atoms with Gasteiger partial charge >= 0.3 is 17.9 Å². The van der Waals surface area contributed by atoms with Gasteiger partial charge in [0.05, 0.1) is 18.9 Å². The summed E-state index contributed by atoms with van der Waals surface area (Å²) in [5.74, 6) is -2.72. The fraction of sp³-hybridized carbons (Fsp3) is 0.625. The van der Waals surface area contributed by atoms with Crippen molar-refractivity contribution in [2.45, 2.75) is 90.6 Å². The smallest absolute Gasteiger partial charge is 0.310 e. The van der Waals surface area contributed by atoms with E-state index in [1.165, 1.54) is 13.8 Å². The van der Waals surface area contributed by atoms with Crippen LogP contribution >= 0.6 is 0 Å². The number of Topliss-reactive ketones (excluding diaryl/α,β-unsaturated/α-hetero) is 1. The maximum absolute atomic E-state index is 14.5. The van der Waals surface area contributed by atoms with Gasteiger partial charge in [-0.3, -0.25) is 19.2 Å². The third-order valence-electron chi connectivity index (χ3n) is 9.71. The first-order chi connectivity index (χ1) is 18.8. The first-order valence-electron chi connectivity index (χ1n) is 14.3. The fourth-order valence-electron chi connectivity index (χ4n) is 7.55. The van der Waals surface area contributed by atoms with Gasteiger partial charge in [-0.25, -0.2) is 0 Å². The van der Waals surface area contributed by atoms with E-state index in [2.05, 4.69) is 13.8 Å². The van der Waals surface area contributed by atoms with Gasteiger partial charge in [0.15, 0.2) is 5.60 Å². The van der Waals surface area contributed by atoms with Crippen LogP contribution in [0, 0.1) is 29.1 Å². The van der Waals surface area contributed by atoms with Crippen molar-refractivity contribution in [2.75, 3.05) is 6.61 Å². The van der Waals surface area contributed by atoms with E-state index in [9.17, 15) is 19.2 Å². The SMILES string of the molecule is CC(=O)O[C@H]1C2[C@@H](OC(=O)Cc3ccccc3)[C@@H](C)C[C@]2(OC(C)=O)C(=O)/C(C)=C\[C@@H]2[C@H](CC[C@@]13CO3)C2(C)C. The predicted molar refractivity (Wildman–Crippen MR) is 145 cm³/mol. The van der Waals surface area contributed by atoms with Crippen molar-refractivity contribution in [3.05, 3.63) is 47.5 Å². The Morgan fingerprint density at radius 1 is 1.05 bits per heavy atom. The van der Waals surface area contributed by atoms with E-state index in [1.54, 1.807) is 6.92 Å². The molecule has 4 aliphatic rings. The third kappa shape index (κ3) is 5.00. The van der Waals surface area contributed by atoms with E-state index < -0.39 is 47.2 Å². The molecule has 216 valence electrons. The molecule has 8 nitrogen and oxygen atoms in total. The van der Waals surface area contributed by atoms with Crippen molar-refractivity contribution in [3.8, 4) is 0 Å². The molecule has 3 fully saturated rings. The van der Waals surface area contributed by atoms with E-state index in [1.807, 2.05) is 43.3 Å². The maximum Gasteiger partial charge on any atom is 0.310 e. The molecule has 5 rings (SSSR count). The van der Waals surface area contributed by atoms with Crippen LogP contribution in [0.2, 0.25) is 0 Å². The highest BCUT2D eigenvalue weighted by Crippen LogP contribution is 2.64. The summed E-state index contributed by atoms with van der Waals surface area (Å²) in [7, 11) is 0. The highest BCUT2D eigenvalue weighted by molar-refractivity contribution is 6.03. The molecule has 0 amide bonds. The Balaban J connectivity index is 1.61. The zero-order chi connectivity index (χ0) is 29.0. The zero-order valence-electron chi connectivity index (χ0n) is 24.2. The summed E-state index contributed by atoms with van der Waals surface area (Å²) in [6.45, 7) is 11.0. The Kier molecular flexibility index (Phi) is 7.22. The van der Waals surface area contributed by atoms with Crippen LogP contribution in [0.1, 0.15) is 66.4 Å². The van der Waals surface area contributed by atoms with E-state index in [4.69, 9.17) is 18.9 Å². The summed E-state index contributed by atoms with van der Waals surface area (Å²) < 4.78 is 24.2. The van der Waals surface area contributed by atoms with Gasteiger partial charge in [0.2, 0.25) is 5.78 Å². The lowest BCUT2D eigenvalue weighted by atomic mass is 9.74. The molecule has 1 spiro atoms. The second kappa shape index (κ2) is 10.1. The topological polar surface area (TPSA) is 108 Å². The van der Waals surface area contributed by atoms with Gasteiger partial charge in [-0.05, 0) is 54.1 Å². The van der Waals surface area contributed by atoms with Gasteiger partial charge in [0, 0.05) is 20.3 Å². The largest absolute Gasteiger partial charge is 0.461 e. The van der Waals surface area contributed by atoms with Crippen molar-refractivity contribution in [1.82, 2.24) is 0 Å². The number of allylic oxidation sites excluding steroid dienone is 1. The highest BCUT2D eigenvalue weighted by atomic mass is 16.6. The van der Waals surface area contributed by atoms with E-state index in [0.717, 1.165) is 12.0 Å². The van der Waals surface area contributed by atoms with Crippen molar-refractivity contribution >= 4 is 23.7 Å². The molecular weight excluding hydrogens is 512 g/mol. The second-order valence-corrected chi connectivity index (χ2v) is 12.9. The molecule has 1 heterocycles. The van der Waals surface area contributed by atoms with Gasteiger partial charge in [-0.15, -0.1) is 0 Å². The minimum Gasteiger partial charge on any atom is -0.461 e. The van der Waals surface area contributed by atoms with Crippen LogP contribution in [0.5, 0.6) is 0 Å². The summed E-state index contributed by atoms with van der Waals surface area (Å²) in [6, 6.07) is 9.25. The lowest BCUT2D eigenvalue weighted by Gasteiger charge is -2.41. The first kappa shape index (κ1) is 28.5. The monoisotopic (exact) mass is 552 g/mol. The molecule has 0 aromatic heterocycles. The lowest BCUT2D eigenvalue weighted by Crippen LogP contribution is -2.58. The van der Waals surface area contributed by atoms with E-state index >= 15 is 0 Å². The molecule has 0 bridgehead atoms. The number of hydrogen-bond acceptors (Lipinski definition) is 8. The third-order valence-corrected chi connectivity index (χ3v) is 9.71. The molecular formula is C32H40O8. The number of hydrogen-bond donors (Lipinski definition) is 0. The summed E-state index contributed by atoms with van der Waals surface area (Å²) in [6.07, 6.45) is 1.85. The molecule has 3 aliphatic carbocycles. The molecule has 1 unspecified atom stereocenters. The van der Waals surface area contributed by atoms with Crippen LogP contribution in [0.15, 0.2) is 42.0 Å². The number of ether oxygens (including phenoxy) is 4. The van der Waals surface area contributed by atoms with Crippen LogP contribution in [-0.2, 0) is 44.5 Å². The van der Waals surface area contributed by atoms with Gasteiger partial charge in [-0.2, -0.15) is 0 Å². The number of epoxide rings is 1. The normalized spacial score (nSPS) is 39.0. The van der Waals surface area contributed by atoms with Crippen LogP contribution in [-0.4, -0.2) is 53.7 Å². The molecule has 2 saturated carbocycles. The summed E-state index contributed by atoms with van der Waals surface area (Å²) in [5, 5.41) is 0. The maximum atomic E-state index is 14.5. The molecule has 1 aromatic carbocycles. The molecule has 0 N–H and O–H groups in total. The lowest BCUT2D eigenvalue weighted by molar-refractivity contribution is -0.190. The van der Waals surface area contributed by atoms with Crippen molar-refractivity contribution in [3.63, 3.8) is 0 Å². The number of carbonyl (C=O) groups excluding carboxylic acids is 4. The quantitative estimate of drug-likeness (QED) is 0.301. The number of benzene rings is 1. The van der Waals surface area contributed by atoms with Crippen LogP contribution in [0.25, 0.3) is 0 Å². The molecule has 1 saturated heterocycles. The molecule has 1 aliphatic heterocycles. The highest BCUT2D eigenvalue weighted by Gasteiger charge is 2.71. The minimum absolute atomic E-state index is 0.0141. The Morgan fingerprint density at radius 3 is 2.33 bits per heavy atom. The summed E-state index contributed by atoms with van der Waals surface area (Å²) >= 11 is 0. The summed E-state index contributed by atoms with van der Waals surface area (Å²) in [4.78, 5) is 52.9. The Labute approximate surface area is 235 Å². The number of esters is 3. The van der Waals surface area contributed by atoms with Crippen LogP contribution in [0.3, 0.4) is 0 Å². The number of carbonyl (C=O) groups is 4. The molecule has 0 radical (unpaired) electrons. The predicted octanol–water partition coefficient (Wildman–Crippen LogP) is 4.38. The van der Waals surface area contributed by atoms with E-state index in [0.29, 0.717) is 24.5 Å². The summed E-state index contributed by atoms with van der Waals surface area (Å²) in [5.41, 5.74) is -1.22. The van der Waals surface area contributed by atoms with Gasteiger partial charge < -0.3 is 18.9 Å². The van der Waals surface area contributed by atoms with Crippen molar-refractivity contribution in [2.24, 2.45) is 29.1 Å². The van der Waals surface area contributed by atoms with Crippen LogP contribution < -0.4 is 0 Å². The standard InChI is InChI=1S/C32H40O8/c1-18-14-24-23(30(24,5)6)12-13-31(17-37-31)29(38-20(3)33)26-27(39-25(35)15-22-10-8-7-9-11-22)19(2)16-32(26,28(18)36)40-21(4)34/h7-11,14,19,23-24,26-27,29H,12-13,15-17H2,1-6H3/b18-14-/t19-,23-,24+,26?,27-,29-,31+,32+/m0/s1. The Morgan fingerprint density at radius 2 is 1.73 bits per heavy atom. The van der Waals surface area contributed by atoms with Gasteiger partial charge in [-0.1, -0.05) is 57.2 Å². The first-order valence-corrected chi connectivity index (χ1v) is 14.3. The average molecular weight is 553 g/mol. The molecule has 1 aromatic rings. The number of fused-ring (bicyclic) bond motifs is 2. The molecule has 8 atom stereocenters. The van der Waals surface area contributed by atoms with Gasteiger partial charge in [0.1, 0.15) is 17.8 Å². The van der Waals surface area contributed by atoms with E-state index in [-0.39, 0.29) is 35.9 Å². The number of ketones is 1. The minimum atomic E-state index is -1.68. The Bertz CT molecular complexity index is 1230. The van der Waals surface area contributed by atoms with Crippen molar-refractivity contribution < 1.29 is 38.1 Å². The second-order valence-electron chi connectivity index (χ2n) is 12.9. The van der Waals surface area contributed by atoms with Crippen LogP contribution in [0.4, 0.5) is 0 Å². The average Bonchev–Trinajstić information content (AvgIpc) is 3.73. The molecule has 40 heavy (non-hydrogen) atoms. The molecule has 8 heteroatoms. The Hall–Kier alpha value is -3.00. The zero-order valence-corrected chi connectivity index (χ0v) is 24.2. The number of rotatable bonds is 5.